The predicted octanol–water partition coefficient (Wildman–Crippen LogP) is 0.896. The number of hydrogen-bond acceptors (Lipinski definition) is 3. The van der Waals surface area contributed by atoms with Crippen molar-refractivity contribution >= 4 is 15.7 Å². The molecule has 1 heterocycles. The van der Waals surface area contributed by atoms with E-state index < -0.39 is 10.0 Å². The van der Waals surface area contributed by atoms with E-state index >= 15 is 0 Å². The Bertz CT molecular complexity index is 468. The second kappa shape index (κ2) is 3.83. The van der Waals surface area contributed by atoms with Gasteiger partial charge in [0.05, 0.1) is 4.90 Å². The molecule has 1 aliphatic rings. The number of nitrogens with two attached hydrogens (primary N) is 1. The van der Waals surface area contributed by atoms with E-state index in [2.05, 4.69) is 11.7 Å². The third-order valence-corrected chi connectivity index (χ3v) is 3.37. The molecule has 5 heteroatoms. The molecule has 0 fully saturated rings. The van der Waals surface area contributed by atoms with E-state index in [-0.39, 0.29) is 4.90 Å². The van der Waals surface area contributed by atoms with Crippen LogP contribution < -0.4 is 10.5 Å². The van der Waals surface area contributed by atoms with E-state index in [9.17, 15) is 8.42 Å². The highest BCUT2D eigenvalue weighted by Gasteiger charge is 2.12. The summed E-state index contributed by atoms with van der Waals surface area (Å²) in [6.45, 7) is 0.821. The number of sulfonamides is 1. The molecule has 81 valence electrons. The number of benzene rings is 1. The maximum absolute atomic E-state index is 11.2. The van der Waals surface area contributed by atoms with Gasteiger partial charge in [-0.1, -0.05) is 0 Å². The highest BCUT2D eigenvalue weighted by atomic mass is 32.2. The van der Waals surface area contributed by atoms with Crippen molar-refractivity contribution in [1.29, 1.82) is 0 Å². The lowest BCUT2D eigenvalue weighted by Crippen LogP contribution is -2.12. The first-order chi connectivity index (χ1) is 7.07. The van der Waals surface area contributed by atoms with E-state index in [1.165, 1.54) is 6.07 Å². The molecule has 0 saturated heterocycles. The molecule has 3 N–H and O–H groups in total. The van der Waals surface area contributed by atoms with Gasteiger partial charge in [-0.3, -0.25) is 0 Å². The van der Waals surface area contributed by atoms with E-state index in [0.29, 0.717) is 0 Å². The fourth-order valence-electron chi connectivity index (χ4n) is 1.67. The van der Waals surface area contributed by atoms with Crippen LogP contribution in [0, 0.1) is 6.42 Å². The Morgan fingerprint density at radius 1 is 1.33 bits per heavy atom. The van der Waals surface area contributed by atoms with Gasteiger partial charge >= 0.3 is 0 Å². The zero-order valence-electron chi connectivity index (χ0n) is 8.23. The summed E-state index contributed by atoms with van der Waals surface area (Å²) in [5.41, 5.74) is 2.01. The topological polar surface area (TPSA) is 72.2 Å². The summed E-state index contributed by atoms with van der Waals surface area (Å²) < 4.78 is 22.3. The molecule has 15 heavy (non-hydrogen) atoms. The minimum absolute atomic E-state index is 0.185. The largest absolute Gasteiger partial charge is 0.385 e. The Hall–Kier alpha value is -1.07. The van der Waals surface area contributed by atoms with Crippen molar-refractivity contribution in [2.24, 2.45) is 5.14 Å². The predicted molar refractivity (Wildman–Crippen MR) is 58.9 cm³/mol. The van der Waals surface area contributed by atoms with Gasteiger partial charge in [-0.2, -0.15) is 0 Å². The summed E-state index contributed by atoms with van der Waals surface area (Å²) >= 11 is 0. The molecule has 0 amide bonds. The molecule has 1 radical (unpaired) electrons. The lowest BCUT2D eigenvalue weighted by atomic mass is 10.1. The summed E-state index contributed by atoms with van der Waals surface area (Å²) in [5.74, 6) is 0. The highest BCUT2D eigenvalue weighted by Crippen LogP contribution is 2.23. The van der Waals surface area contributed by atoms with Crippen LogP contribution in [-0.4, -0.2) is 15.0 Å². The second-order valence-corrected chi connectivity index (χ2v) is 5.13. The number of hydrogen-bond donors (Lipinski definition) is 2. The quantitative estimate of drug-likeness (QED) is 0.745. The first-order valence-electron chi connectivity index (χ1n) is 4.78. The minimum Gasteiger partial charge on any atom is -0.385 e. The van der Waals surface area contributed by atoms with Crippen LogP contribution in [0.15, 0.2) is 23.1 Å². The molecule has 0 bridgehead atoms. The van der Waals surface area contributed by atoms with Crippen molar-refractivity contribution in [3.05, 3.63) is 30.2 Å². The normalized spacial score (nSPS) is 16.3. The number of aryl methyl sites for hydroxylation is 1. The van der Waals surface area contributed by atoms with Crippen molar-refractivity contribution < 1.29 is 8.42 Å². The third kappa shape index (κ3) is 2.30. The average molecular weight is 225 g/mol. The molecule has 0 atom stereocenters. The molecule has 0 unspecified atom stereocenters. The van der Waals surface area contributed by atoms with Crippen LogP contribution >= 0.6 is 0 Å². The fourth-order valence-corrected chi connectivity index (χ4v) is 2.23. The van der Waals surface area contributed by atoms with Crippen LogP contribution in [0.3, 0.4) is 0 Å². The molecular formula is C10H13N2O2S. The van der Waals surface area contributed by atoms with Gasteiger partial charge in [0.2, 0.25) is 10.0 Å². The van der Waals surface area contributed by atoms with Crippen LogP contribution in [-0.2, 0) is 16.4 Å². The van der Waals surface area contributed by atoms with E-state index in [1.807, 2.05) is 0 Å². The first-order valence-corrected chi connectivity index (χ1v) is 6.33. The van der Waals surface area contributed by atoms with Gasteiger partial charge in [-0.15, -0.1) is 0 Å². The first kappa shape index (κ1) is 10.4. The Labute approximate surface area is 89.5 Å². The van der Waals surface area contributed by atoms with Gasteiger partial charge in [0.25, 0.3) is 0 Å². The zero-order valence-corrected chi connectivity index (χ0v) is 9.05. The number of primary sulfonamides is 1. The summed E-state index contributed by atoms with van der Waals surface area (Å²) in [4.78, 5) is 0.185. The molecule has 4 nitrogen and oxygen atoms in total. The average Bonchev–Trinajstić information content (AvgIpc) is 2.39. The van der Waals surface area contributed by atoms with Crippen LogP contribution in [0.4, 0.5) is 5.69 Å². The molecule has 1 aliphatic heterocycles. The van der Waals surface area contributed by atoms with Crippen LogP contribution in [0.1, 0.15) is 12.0 Å². The molecule has 1 aromatic rings. The maximum atomic E-state index is 11.2. The summed E-state index contributed by atoms with van der Waals surface area (Å²) in [6.07, 6.45) is 3.94. The van der Waals surface area contributed by atoms with Crippen LogP contribution in [0.2, 0.25) is 0 Å². The van der Waals surface area contributed by atoms with E-state index in [0.717, 1.165) is 30.6 Å². The van der Waals surface area contributed by atoms with Crippen LogP contribution in [0.5, 0.6) is 0 Å². The Morgan fingerprint density at radius 3 is 2.87 bits per heavy atom. The molecule has 0 aliphatic carbocycles. The number of anilines is 1. The molecule has 2 rings (SSSR count). The van der Waals surface area contributed by atoms with Gasteiger partial charge in [-0.25, -0.2) is 13.6 Å². The van der Waals surface area contributed by atoms with Crippen molar-refractivity contribution in [2.45, 2.75) is 17.7 Å². The highest BCUT2D eigenvalue weighted by molar-refractivity contribution is 7.89. The summed E-state index contributed by atoms with van der Waals surface area (Å²) in [7, 11) is -3.59. The van der Waals surface area contributed by atoms with Gasteiger partial charge in [0.1, 0.15) is 0 Å². The van der Waals surface area contributed by atoms with Gasteiger partial charge in [0.15, 0.2) is 0 Å². The smallest absolute Gasteiger partial charge is 0.238 e. The third-order valence-electron chi connectivity index (χ3n) is 2.46. The van der Waals surface area contributed by atoms with Gasteiger partial charge in [0, 0.05) is 12.2 Å². The van der Waals surface area contributed by atoms with Crippen molar-refractivity contribution in [3.63, 3.8) is 0 Å². The van der Waals surface area contributed by atoms with Gasteiger partial charge in [-0.05, 0) is 43.0 Å². The van der Waals surface area contributed by atoms with E-state index in [4.69, 9.17) is 5.14 Å². The Morgan fingerprint density at radius 2 is 2.13 bits per heavy atom. The standard InChI is InChI=1S/C10H13N2O2S/c11-15(13,14)9-4-5-10-8(7-9)3-1-2-6-12-10/h2,4-5,7,12H,1,3,6H2,(H2,11,13,14). The maximum Gasteiger partial charge on any atom is 0.238 e. The molecular weight excluding hydrogens is 212 g/mol. The fraction of sp³-hybridized carbons (Fsp3) is 0.300. The van der Waals surface area contributed by atoms with Crippen molar-refractivity contribution in [3.8, 4) is 0 Å². The zero-order chi connectivity index (χ0) is 10.9. The number of rotatable bonds is 1. The van der Waals surface area contributed by atoms with E-state index in [1.54, 1.807) is 12.1 Å². The lowest BCUT2D eigenvalue weighted by molar-refractivity contribution is 0.597. The summed E-state index contributed by atoms with van der Waals surface area (Å²) in [5, 5.41) is 8.29. The Balaban J connectivity index is 2.45. The molecule has 0 spiro atoms. The Kier molecular flexibility index (Phi) is 2.67. The number of fused-ring (bicyclic) bond motifs is 1. The lowest BCUT2D eigenvalue weighted by Gasteiger charge is -2.08. The van der Waals surface area contributed by atoms with Crippen molar-refractivity contribution in [2.75, 3.05) is 11.9 Å². The van der Waals surface area contributed by atoms with Crippen molar-refractivity contribution in [1.82, 2.24) is 0 Å². The SMILES string of the molecule is NS(=O)(=O)c1ccc2c(c1)CC[CH]CN2. The molecule has 0 aromatic heterocycles. The van der Waals surface area contributed by atoms with Crippen LogP contribution in [0.25, 0.3) is 0 Å². The minimum atomic E-state index is -3.59. The molecule has 1 aromatic carbocycles. The molecule has 0 saturated carbocycles. The second-order valence-electron chi connectivity index (χ2n) is 3.57. The number of nitrogens with one attached hydrogen (secondary N) is 1. The summed E-state index contributed by atoms with van der Waals surface area (Å²) in [6, 6.07) is 4.96. The monoisotopic (exact) mass is 225 g/mol. The van der Waals surface area contributed by atoms with Gasteiger partial charge < -0.3 is 5.32 Å².